The number of hydrogen-bond donors (Lipinski definition) is 4. The van der Waals surface area contributed by atoms with E-state index in [1.165, 1.54) is 28.2 Å². The van der Waals surface area contributed by atoms with Crippen LogP contribution in [0.15, 0.2) is 21.6 Å². The Morgan fingerprint density at radius 3 is 2.70 bits per heavy atom. The second-order valence-corrected chi connectivity index (χ2v) is 12.8. The number of aryl methyl sites for hydroxylation is 1. The zero-order chi connectivity index (χ0) is 31.3. The van der Waals surface area contributed by atoms with E-state index in [2.05, 4.69) is 40.7 Å². The number of nitrogens with two attached hydrogens (primary N) is 1. The molecular weight excluding hydrogens is 627 g/mol. The summed E-state index contributed by atoms with van der Waals surface area (Å²) in [6, 6.07) is -1.02. The molecule has 0 saturated carbocycles. The molecule has 1 fully saturated rings. The average Bonchev–Trinajstić information content (AvgIpc) is 3.55. The number of nitrogens with one attached hydrogen (secondary N) is 2. The van der Waals surface area contributed by atoms with Crippen molar-refractivity contribution in [2.24, 2.45) is 12.2 Å². The van der Waals surface area contributed by atoms with Crippen molar-refractivity contribution in [1.82, 2.24) is 45.1 Å². The summed E-state index contributed by atoms with van der Waals surface area (Å²) in [7, 11) is 1.66. The molecule has 0 bridgehead atoms. The summed E-state index contributed by atoms with van der Waals surface area (Å²) in [5.74, 6) is -2.18. The van der Waals surface area contributed by atoms with Crippen molar-refractivity contribution < 1.29 is 33.9 Å². The van der Waals surface area contributed by atoms with Crippen molar-refractivity contribution in [2.45, 2.75) is 49.4 Å². The van der Waals surface area contributed by atoms with Crippen molar-refractivity contribution in [3.05, 3.63) is 17.1 Å². The molecule has 0 aromatic carbocycles. The number of ether oxygens (including phenoxy) is 1. The molecule has 0 radical (unpaired) electrons. The first-order chi connectivity index (χ1) is 20.4. The van der Waals surface area contributed by atoms with Gasteiger partial charge in [-0.05, 0) is 36.8 Å². The van der Waals surface area contributed by atoms with Gasteiger partial charge in [-0.25, -0.2) is 14.3 Å². The monoisotopic (exact) mass is 655 g/mol. The number of rotatable bonds is 12. The first kappa shape index (κ1) is 31.9. The highest BCUT2D eigenvalue weighted by molar-refractivity contribution is 8.01. The van der Waals surface area contributed by atoms with E-state index in [4.69, 9.17) is 15.3 Å². The molecule has 4 heterocycles. The third-order valence-corrected chi connectivity index (χ3v) is 8.58. The van der Waals surface area contributed by atoms with Crippen LogP contribution in [-0.4, -0.2) is 111 Å². The molecule has 21 heteroatoms. The zero-order valence-electron chi connectivity index (χ0n) is 23.5. The summed E-state index contributed by atoms with van der Waals surface area (Å²) in [5.41, 5.74) is 5.13. The van der Waals surface area contributed by atoms with Gasteiger partial charge in [0.25, 0.3) is 11.8 Å². The lowest BCUT2D eigenvalue weighted by Gasteiger charge is -2.49. The summed E-state index contributed by atoms with van der Waals surface area (Å²) < 4.78 is 10.6. The van der Waals surface area contributed by atoms with E-state index >= 15 is 0 Å². The standard InChI is InChI=1S/C22H29N11O7S3/c1-22(2,3)40-21(38)24-6-5-7-39-28-11(14-26-19(23)43-29-14)15(34)25-12-16(35)33-13(18(36)37)10(8-41-17(12)33)9-42-20-27-30-31-32(20)4/h12,17H,5-9H2,1-4H3,(H,24,38)(H,25,34)(H,36,37)(H2,23,26,29)/t12?,17-/m0/s1. The molecule has 4 rings (SSSR count). The van der Waals surface area contributed by atoms with Gasteiger partial charge in [0.05, 0.1) is 0 Å². The summed E-state index contributed by atoms with van der Waals surface area (Å²) in [6.07, 6.45) is -0.232. The lowest BCUT2D eigenvalue weighted by molar-refractivity contribution is -0.150. The highest BCUT2D eigenvalue weighted by atomic mass is 32.2. The number of tetrazole rings is 1. The van der Waals surface area contributed by atoms with Crippen molar-refractivity contribution in [3.63, 3.8) is 0 Å². The molecular formula is C22H29N11O7S3. The van der Waals surface area contributed by atoms with Crippen LogP contribution in [0.3, 0.4) is 0 Å². The molecule has 1 unspecified atom stereocenters. The van der Waals surface area contributed by atoms with Crippen molar-refractivity contribution >= 4 is 69.8 Å². The first-order valence-electron chi connectivity index (χ1n) is 12.7. The Labute approximate surface area is 257 Å². The fourth-order valence-electron chi connectivity index (χ4n) is 3.77. The van der Waals surface area contributed by atoms with Gasteiger partial charge in [0.1, 0.15) is 29.3 Å². The zero-order valence-corrected chi connectivity index (χ0v) is 25.9. The molecule has 232 valence electrons. The van der Waals surface area contributed by atoms with Gasteiger partial charge in [0.2, 0.25) is 16.7 Å². The molecule has 2 atom stereocenters. The third kappa shape index (κ3) is 7.90. The number of carbonyl (C=O) groups is 4. The van der Waals surface area contributed by atoms with E-state index < -0.39 is 40.9 Å². The molecule has 5 N–H and O–H groups in total. The maximum atomic E-state index is 13.2. The number of carbonyl (C=O) groups excluding carboxylic acids is 3. The van der Waals surface area contributed by atoms with Gasteiger partial charge in [-0.3, -0.25) is 14.5 Å². The molecule has 2 aromatic heterocycles. The fourth-order valence-corrected chi connectivity index (χ4v) is 6.54. The molecule has 2 aliphatic rings. The SMILES string of the molecule is Cn1nnnc1SCC1=C(C(=O)O)N2C(=O)C(NC(=O)C(=NOCCCNC(=O)OC(C)(C)C)c3nsc(N)n3)[C@@H]2SC1. The van der Waals surface area contributed by atoms with Gasteiger partial charge in [-0.1, -0.05) is 16.9 Å². The molecule has 1 saturated heterocycles. The highest BCUT2D eigenvalue weighted by Gasteiger charge is 2.54. The van der Waals surface area contributed by atoms with Crippen LogP contribution < -0.4 is 16.4 Å². The second-order valence-electron chi connectivity index (χ2n) is 10.0. The van der Waals surface area contributed by atoms with E-state index in [0.717, 1.165) is 16.4 Å². The number of nitrogen functional groups attached to an aromatic ring is 1. The van der Waals surface area contributed by atoms with Crippen molar-refractivity contribution in [2.75, 3.05) is 30.4 Å². The molecule has 18 nitrogen and oxygen atoms in total. The van der Waals surface area contributed by atoms with E-state index in [1.54, 1.807) is 27.8 Å². The number of fused-ring (bicyclic) bond motifs is 1. The topological polar surface area (TPSA) is 242 Å². The average molecular weight is 656 g/mol. The van der Waals surface area contributed by atoms with Crippen molar-refractivity contribution in [3.8, 4) is 0 Å². The van der Waals surface area contributed by atoms with E-state index in [1.807, 2.05) is 0 Å². The Morgan fingerprint density at radius 1 is 1.30 bits per heavy atom. The van der Waals surface area contributed by atoms with E-state index in [9.17, 15) is 24.3 Å². The second kappa shape index (κ2) is 13.5. The minimum absolute atomic E-state index is 0.0266. The van der Waals surface area contributed by atoms with Crippen LogP contribution in [0, 0.1) is 0 Å². The molecule has 0 spiro atoms. The Kier molecular flexibility index (Phi) is 10.1. The number of carboxylic acid groups (broad SMARTS) is 1. The fraction of sp³-hybridized carbons (Fsp3) is 0.545. The van der Waals surface area contributed by atoms with Crippen LogP contribution in [0.5, 0.6) is 0 Å². The molecule has 0 aliphatic carbocycles. The summed E-state index contributed by atoms with van der Waals surface area (Å²) >= 11 is 3.40. The van der Waals surface area contributed by atoms with Gasteiger partial charge in [-0.2, -0.15) is 9.36 Å². The Bertz CT molecular complexity index is 1450. The molecule has 43 heavy (non-hydrogen) atoms. The first-order valence-corrected chi connectivity index (χ1v) is 15.5. The van der Waals surface area contributed by atoms with Gasteiger partial charge in [0.15, 0.2) is 5.13 Å². The van der Waals surface area contributed by atoms with Crippen LogP contribution in [0.1, 0.15) is 33.0 Å². The number of nitrogens with zero attached hydrogens (tertiary/aromatic N) is 8. The van der Waals surface area contributed by atoms with Crippen molar-refractivity contribution in [1.29, 1.82) is 0 Å². The summed E-state index contributed by atoms with van der Waals surface area (Å²) in [5, 5.41) is 30.1. The number of oxime groups is 1. The van der Waals surface area contributed by atoms with Crippen LogP contribution >= 0.6 is 35.1 Å². The Hall–Kier alpha value is -3.98. The summed E-state index contributed by atoms with van der Waals surface area (Å²) in [4.78, 5) is 60.6. The lowest BCUT2D eigenvalue weighted by atomic mass is 10.0. The lowest BCUT2D eigenvalue weighted by Crippen LogP contribution is -2.71. The minimum Gasteiger partial charge on any atom is -0.477 e. The van der Waals surface area contributed by atoms with Crippen LogP contribution in [0.2, 0.25) is 0 Å². The van der Waals surface area contributed by atoms with Crippen LogP contribution in [-0.2, 0) is 31.0 Å². The number of aromatic nitrogens is 6. The Balaban J connectivity index is 1.38. The number of thioether (sulfide) groups is 2. The number of carboxylic acids is 1. The number of amides is 3. The largest absolute Gasteiger partial charge is 0.477 e. The van der Waals surface area contributed by atoms with Gasteiger partial charge < -0.3 is 31.0 Å². The predicted octanol–water partition coefficient (Wildman–Crippen LogP) is -0.190. The van der Waals surface area contributed by atoms with E-state index in [-0.39, 0.29) is 41.3 Å². The normalized spacial score (nSPS) is 18.6. The number of β-lactam (4-membered cyclic amide) rings is 1. The smallest absolute Gasteiger partial charge is 0.407 e. The van der Waals surface area contributed by atoms with Gasteiger partial charge in [-0.15, -0.1) is 16.9 Å². The maximum Gasteiger partial charge on any atom is 0.407 e. The molecule has 2 aliphatic heterocycles. The molecule has 3 amide bonds. The molecule has 2 aromatic rings. The third-order valence-electron chi connectivity index (χ3n) is 5.60. The Morgan fingerprint density at radius 2 is 2.07 bits per heavy atom. The van der Waals surface area contributed by atoms with Gasteiger partial charge >= 0.3 is 12.1 Å². The number of hydrogen-bond acceptors (Lipinski definition) is 16. The van der Waals surface area contributed by atoms with Crippen LogP contribution in [0.4, 0.5) is 9.93 Å². The number of alkyl carbamates (subject to hydrolysis) is 1. The van der Waals surface area contributed by atoms with Crippen LogP contribution in [0.25, 0.3) is 0 Å². The highest BCUT2D eigenvalue weighted by Crippen LogP contribution is 2.41. The minimum atomic E-state index is -1.26. The quantitative estimate of drug-likeness (QED) is 0.0761. The van der Waals surface area contributed by atoms with Gasteiger partial charge in [0, 0.05) is 43.1 Å². The number of aliphatic carboxylic acids is 1. The predicted molar refractivity (Wildman–Crippen MR) is 155 cm³/mol. The number of anilines is 1. The summed E-state index contributed by atoms with van der Waals surface area (Å²) in [6.45, 7) is 5.50. The van der Waals surface area contributed by atoms with E-state index in [0.29, 0.717) is 22.9 Å². The maximum absolute atomic E-state index is 13.2.